The molecule has 9 aromatic carbocycles. The first-order valence-electron chi connectivity index (χ1n) is 21.5. The van der Waals surface area contributed by atoms with E-state index >= 15 is 0 Å². The van der Waals surface area contributed by atoms with Gasteiger partial charge in [-0.15, -0.1) is 0 Å². The highest BCUT2D eigenvalue weighted by molar-refractivity contribution is 6.25. The first kappa shape index (κ1) is 34.8. The predicted octanol–water partition coefficient (Wildman–Crippen LogP) is 13.8. The second kappa shape index (κ2) is 13.8. The van der Waals surface area contributed by atoms with Gasteiger partial charge in [0.1, 0.15) is 12.0 Å². The maximum atomic E-state index is 5.27. The largest absolute Gasteiger partial charge is 0.344 e. The lowest BCUT2D eigenvalue weighted by atomic mass is 9.94. The van der Waals surface area contributed by atoms with Crippen LogP contribution in [0.5, 0.6) is 0 Å². The molecule has 1 aliphatic carbocycles. The van der Waals surface area contributed by atoms with Crippen LogP contribution in [0.3, 0.4) is 0 Å². The van der Waals surface area contributed by atoms with Gasteiger partial charge in [0.25, 0.3) is 0 Å². The maximum Gasteiger partial charge on any atom is 0.234 e. The minimum atomic E-state index is -0.290. The van der Waals surface area contributed by atoms with Crippen molar-refractivity contribution in [3.63, 3.8) is 0 Å². The monoisotopic (exact) mass is 793 g/mol. The minimum absolute atomic E-state index is 0.290. The van der Waals surface area contributed by atoms with Gasteiger partial charge in [-0.3, -0.25) is 4.57 Å². The lowest BCUT2D eigenvalue weighted by Crippen LogP contribution is -2.35. The molecule has 1 N–H and O–H groups in total. The Morgan fingerprint density at radius 2 is 1.03 bits per heavy atom. The highest BCUT2D eigenvalue weighted by Crippen LogP contribution is 2.41. The van der Waals surface area contributed by atoms with Crippen molar-refractivity contribution >= 4 is 82.9 Å². The molecule has 0 saturated carbocycles. The Morgan fingerprint density at radius 3 is 1.76 bits per heavy atom. The molecular formula is C57H39N5. The molecule has 0 bridgehead atoms. The van der Waals surface area contributed by atoms with Crippen LogP contribution in [0.4, 0.5) is 0 Å². The quantitative estimate of drug-likeness (QED) is 0.177. The van der Waals surface area contributed by atoms with Gasteiger partial charge in [-0.1, -0.05) is 158 Å². The number of para-hydroxylation sites is 1. The van der Waals surface area contributed by atoms with Gasteiger partial charge in [-0.25, -0.2) is 4.99 Å². The Hall–Kier alpha value is -8.02. The van der Waals surface area contributed by atoms with E-state index in [0.717, 1.165) is 40.8 Å². The van der Waals surface area contributed by atoms with E-state index in [1.807, 2.05) is 12.1 Å². The molecule has 0 radical (unpaired) electrons. The normalized spacial score (nSPS) is 15.1. The fraction of sp³-hybridized carbons (Fsp3) is 0.0526. The third kappa shape index (κ3) is 5.35. The molecular weight excluding hydrogens is 755 g/mol. The number of hydrogen-bond donors (Lipinski definition) is 1. The molecule has 2 aliphatic rings. The first-order chi connectivity index (χ1) is 30.7. The number of hydrogen-bond acceptors (Lipinski definition) is 3. The topological polar surface area (TPSA) is 46.6 Å². The Kier molecular flexibility index (Phi) is 7.73. The summed E-state index contributed by atoms with van der Waals surface area (Å²) in [4.78, 5) is 10.5. The zero-order valence-corrected chi connectivity index (χ0v) is 33.8. The van der Waals surface area contributed by atoms with Crippen LogP contribution in [0.25, 0.3) is 87.9 Å². The summed E-state index contributed by atoms with van der Waals surface area (Å²) in [6.07, 6.45) is 6.41. The number of nitrogens with zero attached hydrogens (tertiary/aromatic N) is 4. The second-order valence-electron chi connectivity index (χ2n) is 16.5. The van der Waals surface area contributed by atoms with Crippen molar-refractivity contribution in [3.05, 3.63) is 217 Å². The fourth-order valence-electron chi connectivity index (χ4n) is 10.2. The van der Waals surface area contributed by atoms with E-state index in [1.165, 1.54) is 82.1 Å². The Balaban J connectivity index is 0.961. The molecule has 5 nitrogen and oxygen atoms in total. The van der Waals surface area contributed by atoms with E-state index in [4.69, 9.17) is 9.98 Å². The van der Waals surface area contributed by atoms with E-state index in [0.29, 0.717) is 5.96 Å². The number of nitrogens with one attached hydrogen (secondary N) is 1. The molecule has 1 unspecified atom stereocenters. The SMILES string of the molecule is C1=Cc2c(n(-c3ccc4c5ccccc5c5ccccc5c4c3)c3ccc(-c4ccc5c(c4)c4ccccc4n5C4=NC(c5ccccc5)NC(c5ccccc5)=N4)cc23)CC1. The summed E-state index contributed by atoms with van der Waals surface area (Å²) in [6, 6.07) is 68.0. The molecule has 13 rings (SSSR count). The molecule has 292 valence electrons. The van der Waals surface area contributed by atoms with Gasteiger partial charge in [-0.2, -0.15) is 4.99 Å². The summed E-state index contributed by atoms with van der Waals surface area (Å²) in [5, 5.41) is 15.0. The Labute approximate surface area is 358 Å². The predicted molar refractivity (Wildman–Crippen MR) is 260 cm³/mol. The molecule has 1 aliphatic heterocycles. The molecule has 62 heavy (non-hydrogen) atoms. The number of aliphatic imine (C=N–C) groups is 2. The number of benzene rings is 9. The van der Waals surface area contributed by atoms with Crippen LogP contribution in [0.1, 0.15) is 35.0 Å². The lowest BCUT2D eigenvalue weighted by molar-refractivity contribution is 0.668. The summed E-state index contributed by atoms with van der Waals surface area (Å²) < 4.78 is 4.75. The molecule has 0 fully saturated rings. The Morgan fingerprint density at radius 1 is 0.452 bits per heavy atom. The van der Waals surface area contributed by atoms with Gasteiger partial charge in [0.2, 0.25) is 5.96 Å². The summed E-state index contributed by atoms with van der Waals surface area (Å²) in [5.74, 6) is 1.46. The molecule has 11 aromatic rings. The van der Waals surface area contributed by atoms with Gasteiger partial charge >= 0.3 is 0 Å². The third-order valence-corrected chi connectivity index (χ3v) is 13.0. The standard InChI is InChI=1S/C57H39N5/c1-3-15-36(16-4-1)55-58-56(37-17-5-2-6-18-37)60-57(59-55)62-52-26-14-12-24-47(52)50-34-39(28-32-54(50)62)38-27-31-53-49(33-38)46-23-11-13-25-51(46)61(53)40-29-30-45-43-21-8-7-19-41(43)42-20-9-10-22-44(42)48(45)35-40/h1-12,14-24,26-35,55H,13,25H2,(H,58,59,60). The average Bonchev–Trinajstić information content (AvgIpc) is 3.86. The average molecular weight is 794 g/mol. The number of aromatic nitrogens is 2. The highest BCUT2D eigenvalue weighted by atomic mass is 15.3. The van der Waals surface area contributed by atoms with Gasteiger partial charge in [0, 0.05) is 38.7 Å². The maximum absolute atomic E-state index is 5.27. The number of rotatable bonds is 4. The zero-order valence-electron chi connectivity index (χ0n) is 33.8. The molecule has 5 heteroatoms. The van der Waals surface area contributed by atoms with Crippen molar-refractivity contribution in [1.82, 2.24) is 14.5 Å². The van der Waals surface area contributed by atoms with Crippen LogP contribution in [0, 0.1) is 0 Å². The van der Waals surface area contributed by atoms with Crippen LogP contribution in [-0.2, 0) is 6.42 Å². The van der Waals surface area contributed by atoms with E-state index < -0.39 is 0 Å². The van der Waals surface area contributed by atoms with Crippen LogP contribution in [0.15, 0.2) is 204 Å². The van der Waals surface area contributed by atoms with Gasteiger partial charge in [0.05, 0.1) is 16.6 Å². The fourth-order valence-corrected chi connectivity index (χ4v) is 10.2. The van der Waals surface area contributed by atoms with E-state index in [-0.39, 0.29) is 6.17 Å². The van der Waals surface area contributed by atoms with Crippen LogP contribution < -0.4 is 5.32 Å². The molecule has 1 atom stereocenters. The van der Waals surface area contributed by atoms with Crippen molar-refractivity contribution < 1.29 is 0 Å². The van der Waals surface area contributed by atoms with E-state index in [9.17, 15) is 0 Å². The zero-order chi connectivity index (χ0) is 40.7. The van der Waals surface area contributed by atoms with Crippen molar-refractivity contribution in [2.75, 3.05) is 0 Å². The molecule has 0 saturated heterocycles. The van der Waals surface area contributed by atoms with Crippen molar-refractivity contribution in [2.45, 2.75) is 19.0 Å². The summed E-state index contributed by atoms with van der Waals surface area (Å²) in [6.45, 7) is 0. The molecule has 2 aromatic heterocycles. The molecule has 0 amide bonds. The highest BCUT2D eigenvalue weighted by Gasteiger charge is 2.25. The van der Waals surface area contributed by atoms with Crippen LogP contribution in [0.2, 0.25) is 0 Å². The number of allylic oxidation sites excluding steroid dienone is 1. The van der Waals surface area contributed by atoms with Crippen molar-refractivity contribution in [1.29, 1.82) is 0 Å². The van der Waals surface area contributed by atoms with Gasteiger partial charge in [0.15, 0.2) is 0 Å². The third-order valence-electron chi connectivity index (χ3n) is 13.0. The number of amidine groups is 1. The van der Waals surface area contributed by atoms with E-state index in [1.54, 1.807) is 0 Å². The second-order valence-corrected chi connectivity index (χ2v) is 16.5. The van der Waals surface area contributed by atoms with E-state index in [2.05, 4.69) is 203 Å². The summed E-state index contributed by atoms with van der Waals surface area (Å²) in [7, 11) is 0. The van der Waals surface area contributed by atoms with Gasteiger partial charge in [-0.05, 0) is 104 Å². The first-order valence-corrected chi connectivity index (χ1v) is 21.5. The van der Waals surface area contributed by atoms with Crippen molar-refractivity contribution in [2.24, 2.45) is 9.98 Å². The smallest absolute Gasteiger partial charge is 0.234 e. The Bertz CT molecular complexity index is 3680. The van der Waals surface area contributed by atoms with Crippen LogP contribution >= 0.6 is 0 Å². The molecule has 0 spiro atoms. The number of fused-ring (bicyclic) bond motifs is 12. The lowest BCUT2D eigenvalue weighted by Gasteiger charge is -2.24. The molecule has 3 heterocycles. The minimum Gasteiger partial charge on any atom is -0.344 e. The summed E-state index contributed by atoms with van der Waals surface area (Å²) >= 11 is 0. The summed E-state index contributed by atoms with van der Waals surface area (Å²) in [5.41, 5.74) is 11.7. The van der Waals surface area contributed by atoms with Crippen molar-refractivity contribution in [3.8, 4) is 16.8 Å². The van der Waals surface area contributed by atoms with Gasteiger partial charge < -0.3 is 9.88 Å². The van der Waals surface area contributed by atoms with Crippen LogP contribution in [-0.4, -0.2) is 20.9 Å².